The lowest BCUT2D eigenvalue weighted by atomic mass is 10.4. The van der Waals surface area contributed by atoms with Crippen LogP contribution in [0, 0.1) is 6.92 Å². The van der Waals surface area contributed by atoms with Gasteiger partial charge in [-0.1, -0.05) is 0 Å². The second-order valence-corrected chi connectivity index (χ2v) is 2.33. The highest BCUT2D eigenvalue weighted by molar-refractivity contribution is 4.99. The van der Waals surface area contributed by atoms with Crippen molar-refractivity contribution in [2.45, 2.75) is 13.5 Å². The van der Waals surface area contributed by atoms with Gasteiger partial charge in [0.25, 0.3) is 0 Å². The lowest BCUT2D eigenvalue weighted by Gasteiger charge is -2.01. The maximum absolute atomic E-state index is 10.9. The Morgan fingerprint density at radius 2 is 2.45 bits per heavy atom. The van der Waals surface area contributed by atoms with E-state index in [9.17, 15) is 4.79 Å². The molecule has 0 unspecified atom stereocenters. The summed E-state index contributed by atoms with van der Waals surface area (Å²) < 4.78 is 1.38. The van der Waals surface area contributed by atoms with E-state index in [0.29, 0.717) is 6.54 Å². The zero-order valence-corrected chi connectivity index (χ0v) is 6.32. The van der Waals surface area contributed by atoms with Crippen molar-refractivity contribution in [3.8, 4) is 0 Å². The first-order chi connectivity index (χ1) is 5.24. The summed E-state index contributed by atoms with van der Waals surface area (Å²) in [5.74, 6) is 0. The molecular formula is C7H10N2O2. The summed E-state index contributed by atoms with van der Waals surface area (Å²) in [5.41, 5.74) is 0.600. The van der Waals surface area contributed by atoms with E-state index in [-0.39, 0.29) is 12.3 Å². The van der Waals surface area contributed by atoms with Crippen LogP contribution >= 0.6 is 0 Å². The second-order valence-electron chi connectivity index (χ2n) is 2.33. The van der Waals surface area contributed by atoms with Gasteiger partial charge < -0.3 is 5.11 Å². The van der Waals surface area contributed by atoms with Crippen molar-refractivity contribution >= 4 is 0 Å². The van der Waals surface area contributed by atoms with Crippen LogP contribution in [0.3, 0.4) is 0 Å². The van der Waals surface area contributed by atoms with Crippen LogP contribution in [-0.2, 0) is 6.54 Å². The first kappa shape index (κ1) is 7.94. The highest BCUT2D eigenvalue weighted by Gasteiger charge is 1.94. The van der Waals surface area contributed by atoms with E-state index < -0.39 is 0 Å². The average Bonchev–Trinajstić information content (AvgIpc) is 1.98. The number of hydrogen-bond donors (Lipinski definition) is 1. The van der Waals surface area contributed by atoms with Gasteiger partial charge in [0.05, 0.1) is 13.2 Å². The fraction of sp³-hybridized carbons (Fsp3) is 0.429. The lowest BCUT2D eigenvalue weighted by Crippen LogP contribution is -2.23. The van der Waals surface area contributed by atoms with Crippen LogP contribution in [0.2, 0.25) is 0 Å². The Bertz CT molecular complexity index is 293. The van der Waals surface area contributed by atoms with Crippen molar-refractivity contribution in [1.29, 1.82) is 0 Å². The molecule has 11 heavy (non-hydrogen) atoms. The number of aliphatic hydroxyl groups is 1. The predicted octanol–water partition coefficient (Wildman–Crippen LogP) is -0.456. The first-order valence-corrected chi connectivity index (χ1v) is 3.38. The first-order valence-electron chi connectivity index (χ1n) is 3.38. The van der Waals surface area contributed by atoms with Gasteiger partial charge in [-0.15, -0.1) is 0 Å². The van der Waals surface area contributed by atoms with Gasteiger partial charge in [-0.3, -0.25) is 4.57 Å². The van der Waals surface area contributed by atoms with Crippen molar-refractivity contribution in [1.82, 2.24) is 9.55 Å². The van der Waals surface area contributed by atoms with Crippen molar-refractivity contribution in [3.63, 3.8) is 0 Å². The third-order valence-electron chi connectivity index (χ3n) is 1.32. The number of nitrogens with zero attached hydrogens (tertiary/aromatic N) is 2. The van der Waals surface area contributed by atoms with Gasteiger partial charge in [0.2, 0.25) is 0 Å². The summed E-state index contributed by atoms with van der Waals surface area (Å²) in [6, 6.07) is 0. The molecule has 1 aromatic rings. The van der Waals surface area contributed by atoms with E-state index in [4.69, 9.17) is 5.11 Å². The molecule has 0 amide bonds. The minimum atomic E-state index is -0.315. The monoisotopic (exact) mass is 154 g/mol. The number of aromatic nitrogens is 2. The predicted molar refractivity (Wildman–Crippen MR) is 40.3 cm³/mol. The number of hydrogen-bond acceptors (Lipinski definition) is 3. The van der Waals surface area contributed by atoms with E-state index in [1.54, 1.807) is 6.20 Å². The van der Waals surface area contributed by atoms with Crippen LogP contribution in [0.5, 0.6) is 0 Å². The van der Waals surface area contributed by atoms with Crippen molar-refractivity contribution in [3.05, 3.63) is 28.4 Å². The SMILES string of the molecule is Cc1cnc(=O)n(CCO)c1. The Kier molecular flexibility index (Phi) is 2.38. The normalized spacial score (nSPS) is 10.0. The standard InChI is InChI=1S/C7H10N2O2/c1-6-4-8-7(11)9(5-6)2-3-10/h4-5,10H,2-3H2,1H3. The molecule has 0 aliphatic carbocycles. The highest BCUT2D eigenvalue weighted by atomic mass is 16.3. The molecule has 0 aromatic carbocycles. The molecule has 0 spiro atoms. The second kappa shape index (κ2) is 3.30. The topological polar surface area (TPSA) is 55.1 Å². The molecule has 0 aliphatic heterocycles. The summed E-state index contributed by atoms with van der Waals surface area (Å²) in [5, 5.41) is 8.55. The third-order valence-corrected chi connectivity index (χ3v) is 1.32. The maximum Gasteiger partial charge on any atom is 0.347 e. The average molecular weight is 154 g/mol. The smallest absolute Gasteiger partial charge is 0.347 e. The minimum Gasteiger partial charge on any atom is -0.395 e. The van der Waals surface area contributed by atoms with Crippen LogP contribution in [0.1, 0.15) is 5.56 Å². The van der Waals surface area contributed by atoms with E-state index >= 15 is 0 Å². The molecule has 1 N–H and O–H groups in total. The molecule has 0 saturated carbocycles. The molecule has 1 heterocycles. The van der Waals surface area contributed by atoms with E-state index in [1.165, 1.54) is 10.8 Å². The van der Waals surface area contributed by atoms with Gasteiger partial charge >= 0.3 is 5.69 Å². The Hall–Kier alpha value is -1.16. The van der Waals surface area contributed by atoms with Crippen molar-refractivity contribution in [2.24, 2.45) is 0 Å². The molecule has 0 atom stereocenters. The quantitative estimate of drug-likeness (QED) is 0.627. The van der Waals surface area contributed by atoms with Gasteiger partial charge in [-0.2, -0.15) is 0 Å². The zero-order valence-electron chi connectivity index (χ0n) is 6.32. The van der Waals surface area contributed by atoms with E-state index in [2.05, 4.69) is 4.98 Å². The molecule has 0 aliphatic rings. The summed E-state index contributed by atoms with van der Waals surface area (Å²) in [4.78, 5) is 14.5. The lowest BCUT2D eigenvalue weighted by molar-refractivity contribution is 0.273. The zero-order chi connectivity index (χ0) is 8.27. The van der Waals surface area contributed by atoms with Gasteiger partial charge in [0.1, 0.15) is 0 Å². The molecule has 1 aromatic heterocycles. The number of rotatable bonds is 2. The third kappa shape index (κ3) is 1.88. The molecule has 0 fully saturated rings. The molecule has 60 valence electrons. The Balaban J connectivity index is 3.03. The summed E-state index contributed by atoms with van der Waals surface area (Å²) in [7, 11) is 0. The van der Waals surface area contributed by atoms with Gasteiger partial charge in [0.15, 0.2) is 0 Å². The molecule has 1 rings (SSSR count). The fourth-order valence-corrected chi connectivity index (χ4v) is 0.833. The summed E-state index contributed by atoms with van der Waals surface area (Å²) in [6.07, 6.45) is 3.18. The maximum atomic E-state index is 10.9. The van der Waals surface area contributed by atoms with Crippen molar-refractivity contribution in [2.75, 3.05) is 6.61 Å². The van der Waals surface area contributed by atoms with Gasteiger partial charge in [0, 0.05) is 12.4 Å². The Labute approximate surface area is 64.1 Å². The molecule has 0 saturated heterocycles. The highest BCUT2D eigenvalue weighted by Crippen LogP contribution is 1.88. The van der Waals surface area contributed by atoms with Crippen molar-refractivity contribution < 1.29 is 5.11 Å². The number of aliphatic hydroxyl groups excluding tert-OH is 1. The Morgan fingerprint density at radius 1 is 1.73 bits per heavy atom. The van der Waals surface area contributed by atoms with Gasteiger partial charge in [-0.05, 0) is 12.5 Å². The molecule has 4 nitrogen and oxygen atoms in total. The molecule has 4 heteroatoms. The van der Waals surface area contributed by atoms with Crippen LogP contribution in [0.25, 0.3) is 0 Å². The summed E-state index contributed by atoms with van der Waals surface area (Å²) >= 11 is 0. The van der Waals surface area contributed by atoms with Crippen LogP contribution in [0.15, 0.2) is 17.2 Å². The van der Waals surface area contributed by atoms with E-state index in [1.807, 2.05) is 6.92 Å². The van der Waals surface area contributed by atoms with E-state index in [0.717, 1.165) is 5.56 Å². The summed E-state index contributed by atoms with van der Waals surface area (Å²) in [6.45, 7) is 2.12. The largest absolute Gasteiger partial charge is 0.395 e. The Morgan fingerprint density at radius 3 is 3.09 bits per heavy atom. The molecule has 0 radical (unpaired) electrons. The minimum absolute atomic E-state index is 0.0367. The van der Waals surface area contributed by atoms with Crippen LogP contribution in [-0.4, -0.2) is 21.3 Å². The van der Waals surface area contributed by atoms with Gasteiger partial charge in [-0.25, -0.2) is 9.78 Å². The number of aryl methyl sites for hydroxylation is 1. The van der Waals surface area contributed by atoms with Crippen LogP contribution in [0.4, 0.5) is 0 Å². The van der Waals surface area contributed by atoms with Crippen LogP contribution < -0.4 is 5.69 Å². The fourth-order valence-electron chi connectivity index (χ4n) is 0.833. The molecule has 0 bridgehead atoms. The molecular weight excluding hydrogens is 144 g/mol.